The van der Waals surface area contributed by atoms with Crippen molar-refractivity contribution in [3.05, 3.63) is 43.1 Å². The average molecular weight is 406 g/mol. The number of rotatable bonds is 4. The van der Waals surface area contributed by atoms with Crippen molar-refractivity contribution in [2.45, 2.75) is 0 Å². The Balaban J connectivity index is 2.43. The van der Waals surface area contributed by atoms with E-state index in [0.29, 0.717) is 10.7 Å². The minimum atomic E-state index is -0.553. The number of nitrogens with one attached hydrogen (secondary N) is 2. The molecule has 0 aliphatic rings. The Labute approximate surface area is 133 Å². The monoisotopic (exact) mass is 405 g/mol. The summed E-state index contributed by atoms with van der Waals surface area (Å²) in [5.74, 6) is 0.359. The van der Waals surface area contributed by atoms with Gasteiger partial charge in [-0.05, 0) is 40.8 Å². The van der Waals surface area contributed by atoms with Crippen LogP contribution < -0.4 is 10.6 Å². The van der Waals surface area contributed by atoms with E-state index in [9.17, 15) is 10.1 Å². The highest BCUT2D eigenvalue weighted by Gasteiger charge is 2.18. The molecule has 0 radical (unpaired) electrons. The Kier molecular flexibility index (Phi) is 4.55. The lowest BCUT2D eigenvalue weighted by atomic mass is 10.3. The molecule has 20 heavy (non-hydrogen) atoms. The van der Waals surface area contributed by atoms with E-state index in [1.807, 2.05) is 6.07 Å². The van der Waals surface area contributed by atoms with Crippen molar-refractivity contribution in [1.82, 2.24) is 9.97 Å². The predicted molar refractivity (Wildman–Crippen MR) is 85.7 cm³/mol. The molecule has 104 valence electrons. The van der Waals surface area contributed by atoms with Gasteiger partial charge in [-0.2, -0.15) is 4.98 Å². The van der Waals surface area contributed by atoms with Crippen molar-refractivity contribution < 1.29 is 4.92 Å². The smallest absolute Gasteiger partial charge is 0.329 e. The third kappa shape index (κ3) is 3.25. The van der Waals surface area contributed by atoms with Gasteiger partial charge in [-0.3, -0.25) is 10.1 Å². The van der Waals surface area contributed by atoms with Crippen LogP contribution in [0.25, 0.3) is 0 Å². The van der Waals surface area contributed by atoms with Gasteiger partial charge in [0.2, 0.25) is 11.8 Å². The fourth-order valence-corrected chi connectivity index (χ4v) is 2.34. The molecule has 0 unspecified atom stereocenters. The van der Waals surface area contributed by atoms with E-state index in [2.05, 4.69) is 43.2 Å². The molecule has 7 nitrogen and oxygen atoms in total. The molecule has 0 bridgehead atoms. The maximum atomic E-state index is 11.0. The first-order valence-electron chi connectivity index (χ1n) is 5.42. The molecule has 0 saturated carbocycles. The van der Waals surface area contributed by atoms with Gasteiger partial charge < -0.3 is 10.6 Å². The summed E-state index contributed by atoms with van der Waals surface area (Å²) in [6.45, 7) is 0. The van der Waals surface area contributed by atoms with E-state index in [1.165, 1.54) is 0 Å². The van der Waals surface area contributed by atoms with E-state index in [1.54, 1.807) is 19.2 Å². The second-order valence-corrected chi connectivity index (χ2v) is 5.34. The van der Waals surface area contributed by atoms with Crippen molar-refractivity contribution in [2.75, 3.05) is 17.7 Å². The topological polar surface area (TPSA) is 93.0 Å². The molecule has 0 aliphatic carbocycles. The number of nitrogens with zero attached hydrogens (tertiary/aromatic N) is 3. The molecular weight excluding hydrogens is 397 g/mol. The zero-order valence-electron chi connectivity index (χ0n) is 10.2. The van der Waals surface area contributed by atoms with E-state index in [-0.39, 0.29) is 17.5 Å². The van der Waals surface area contributed by atoms with E-state index in [0.717, 1.165) is 9.77 Å². The van der Waals surface area contributed by atoms with E-state index in [4.69, 9.17) is 11.6 Å². The first-order chi connectivity index (χ1) is 9.51. The first kappa shape index (κ1) is 14.7. The van der Waals surface area contributed by atoms with Gasteiger partial charge >= 0.3 is 5.69 Å². The highest BCUT2D eigenvalue weighted by molar-refractivity contribution is 14.1. The SMILES string of the molecule is CNc1ncc([N+](=O)[O-])c(Nc2ccc(I)cc2Cl)n1. The number of hydrogen-bond donors (Lipinski definition) is 2. The summed E-state index contributed by atoms with van der Waals surface area (Å²) in [5, 5.41) is 17.0. The second kappa shape index (κ2) is 6.18. The number of benzene rings is 1. The summed E-state index contributed by atoms with van der Waals surface area (Å²) in [6, 6.07) is 5.31. The van der Waals surface area contributed by atoms with Crippen LogP contribution >= 0.6 is 34.2 Å². The fourth-order valence-electron chi connectivity index (χ4n) is 1.44. The van der Waals surface area contributed by atoms with Crippen LogP contribution in [0.2, 0.25) is 5.02 Å². The van der Waals surface area contributed by atoms with Gasteiger partial charge in [0.05, 0.1) is 15.6 Å². The predicted octanol–water partition coefficient (Wildman–Crippen LogP) is 3.43. The van der Waals surface area contributed by atoms with Crippen LogP contribution in [0.4, 0.5) is 23.1 Å². The molecule has 1 aromatic carbocycles. The largest absolute Gasteiger partial charge is 0.357 e. The van der Waals surface area contributed by atoms with Crippen molar-refractivity contribution in [3.63, 3.8) is 0 Å². The van der Waals surface area contributed by atoms with Crippen LogP contribution in [-0.4, -0.2) is 21.9 Å². The van der Waals surface area contributed by atoms with Gasteiger partial charge in [0, 0.05) is 10.6 Å². The minimum Gasteiger partial charge on any atom is -0.357 e. The fraction of sp³-hybridized carbons (Fsp3) is 0.0909. The van der Waals surface area contributed by atoms with Gasteiger partial charge in [0.25, 0.3) is 0 Å². The van der Waals surface area contributed by atoms with Crippen LogP contribution in [0, 0.1) is 13.7 Å². The third-order valence-corrected chi connectivity index (χ3v) is 3.36. The molecule has 1 heterocycles. The van der Waals surface area contributed by atoms with Gasteiger partial charge in [-0.1, -0.05) is 11.6 Å². The van der Waals surface area contributed by atoms with Gasteiger partial charge in [-0.25, -0.2) is 4.98 Å². The zero-order valence-corrected chi connectivity index (χ0v) is 13.1. The Bertz CT molecular complexity index is 667. The molecule has 1 aromatic heterocycles. The quantitative estimate of drug-likeness (QED) is 0.460. The van der Waals surface area contributed by atoms with Crippen LogP contribution in [-0.2, 0) is 0 Å². The summed E-state index contributed by atoms with van der Waals surface area (Å²) in [6.07, 6.45) is 1.14. The van der Waals surface area contributed by atoms with Crippen LogP contribution in [0.15, 0.2) is 24.4 Å². The van der Waals surface area contributed by atoms with Crippen molar-refractivity contribution in [2.24, 2.45) is 0 Å². The number of anilines is 3. The first-order valence-corrected chi connectivity index (χ1v) is 6.88. The lowest BCUT2D eigenvalue weighted by Gasteiger charge is -2.09. The maximum absolute atomic E-state index is 11.0. The Morgan fingerprint density at radius 2 is 2.20 bits per heavy atom. The highest BCUT2D eigenvalue weighted by Crippen LogP contribution is 2.30. The van der Waals surface area contributed by atoms with Gasteiger partial charge in [0.1, 0.15) is 6.20 Å². The Hall–Kier alpha value is -1.68. The molecule has 0 aliphatic heterocycles. The summed E-state index contributed by atoms with van der Waals surface area (Å²) in [4.78, 5) is 18.3. The lowest BCUT2D eigenvalue weighted by Crippen LogP contribution is -2.04. The van der Waals surface area contributed by atoms with E-state index < -0.39 is 4.92 Å². The number of nitro groups is 1. The Morgan fingerprint density at radius 3 is 2.80 bits per heavy atom. The standard InChI is InChI=1S/C11H9ClIN5O2/c1-14-11-15-5-9(18(19)20)10(17-11)16-8-3-2-6(13)4-7(8)12/h2-5H,1H3,(H2,14,15,16,17). The van der Waals surface area contributed by atoms with Crippen molar-refractivity contribution in [3.8, 4) is 0 Å². The highest BCUT2D eigenvalue weighted by atomic mass is 127. The summed E-state index contributed by atoms with van der Waals surface area (Å²) in [7, 11) is 1.63. The third-order valence-electron chi connectivity index (χ3n) is 2.37. The van der Waals surface area contributed by atoms with Gasteiger partial charge in [-0.15, -0.1) is 0 Å². The molecule has 2 rings (SSSR count). The molecule has 2 N–H and O–H groups in total. The normalized spacial score (nSPS) is 10.2. The summed E-state index contributed by atoms with van der Waals surface area (Å²) < 4.78 is 0.964. The molecule has 0 saturated heterocycles. The zero-order chi connectivity index (χ0) is 14.7. The van der Waals surface area contributed by atoms with Gasteiger partial charge in [0.15, 0.2) is 0 Å². The van der Waals surface area contributed by atoms with Crippen LogP contribution in [0.5, 0.6) is 0 Å². The number of halogens is 2. The maximum Gasteiger partial charge on any atom is 0.329 e. The molecule has 0 atom stereocenters. The van der Waals surface area contributed by atoms with E-state index >= 15 is 0 Å². The molecular formula is C11H9ClIN5O2. The van der Waals surface area contributed by atoms with Crippen LogP contribution in [0.1, 0.15) is 0 Å². The number of hydrogen-bond acceptors (Lipinski definition) is 6. The molecule has 0 fully saturated rings. The average Bonchev–Trinajstić information content (AvgIpc) is 2.41. The Morgan fingerprint density at radius 1 is 1.45 bits per heavy atom. The molecule has 2 aromatic rings. The molecule has 0 amide bonds. The van der Waals surface area contributed by atoms with Crippen molar-refractivity contribution in [1.29, 1.82) is 0 Å². The minimum absolute atomic E-state index is 0.0810. The lowest BCUT2D eigenvalue weighted by molar-refractivity contribution is -0.384. The second-order valence-electron chi connectivity index (χ2n) is 3.68. The number of aromatic nitrogens is 2. The molecule has 9 heteroatoms. The molecule has 0 spiro atoms. The van der Waals surface area contributed by atoms with Crippen molar-refractivity contribution >= 4 is 57.3 Å². The van der Waals surface area contributed by atoms with Crippen LogP contribution in [0.3, 0.4) is 0 Å². The summed E-state index contributed by atoms with van der Waals surface area (Å²) in [5.41, 5.74) is 0.314. The summed E-state index contributed by atoms with van der Waals surface area (Å²) >= 11 is 8.21.